The number of rotatable bonds is 7. The average Bonchev–Trinajstić information content (AvgIpc) is 3.25. The Morgan fingerprint density at radius 2 is 1.71 bits per heavy atom. The van der Waals surface area contributed by atoms with E-state index in [4.69, 9.17) is 23.2 Å². The van der Waals surface area contributed by atoms with Gasteiger partial charge in [-0.2, -0.15) is 5.10 Å². The second-order valence-corrected chi connectivity index (χ2v) is 8.70. The maximum atomic E-state index is 11.9. The maximum Gasteiger partial charge on any atom is 0.250 e. The molecule has 1 N–H and O–H groups in total. The molecule has 5 aromatic rings. The molecule has 0 amide bonds. The summed E-state index contributed by atoms with van der Waals surface area (Å²) in [5.74, 6) is 0.677. The number of nitrogens with one attached hydrogen (secondary N) is 1. The van der Waals surface area contributed by atoms with Crippen molar-refractivity contribution in [3.05, 3.63) is 116 Å². The van der Waals surface area contributed by atoms with Crippen LogP contribution in [-0.2, 0) is 19.6 Å². The zero-order valence-electron chi connectivity index (χ0n) is 18.0. The van der Waals surface area contributed by atoms with Gasteiger partial charge < -0.3 is 9.88 Å². The van der Waals surface area contributed by atoms with Gasteiger partial charge in [-0.25, -0.2) is 9.97 Å². The van der Waals surface area contributed by atoms with Crippen LogP contribution in [0.15, 0.2) is 84.2 Å². The van der Waals surface area contributed by atoms with Crippen LogP contribution < -0.4 is 10.9 Å². The van der Waals surface area contributed by atoms with Crippen molar-refractivity contribution in [1.29, 1.82) is 0 Å². The fraction of sp³-hybridized carbons (Fsp3) is 0.120. The molecule has 0 saturated heterocycles. The highest BCUT2D eigenvalue weighted by molar-refractivity contribution is 6.33. The van der Waals surface area contributed by atoms with E-state index in [0.29, 0.717) is 41.1 Å². The first-order valence-corrected chi connectivity index (χ1v) is 11.4. The lowest BCUT2D eigenvalue weighted by molar-refractivity contribution is 0.692. The summed E-state index contributed by atoms with van der Waals surface area (Å²) in [7, 11) is 0. The molecule has 0 radical (unpaired) electrons. The summed E-state index contributed by atoms with van der Waals surface area (Å²) < 4.78 is 3.52. The minimum Gasteiger partial charge on any atom is -0.365 e. The van der Waals surface area contributed by atoms with Crippen LogP contribution in [0, 0.1) is 0 Å². The molecular weight excluding hydrogens is 471 g/mol. The van der Waals surface area contributed by atoms with E-state index in [1.165, 1.54) is 6.33 Å². The third-order valence-corrected chi connectivity index (χ3v) is 6.04. The molecule has 0 aliphatic heterocycles. The number of hydrogen-bond acceptors (Lipinski definition) is 5. The lowest BCUT2D eigenvalue weighted by Gasteiger charge is -2.08. The summed E-state index contributed by atoms with van der Waals surface area (Å²) in [4.78, 5) is 20.6. The Bertz CT molecular complexity index is 1510. The van der Waals surface area contributed by atoms with Crippen molar-refractivity contribution in [2.24, 2.45) is 0 Å². The molecule has 0 bridgehead atoms. The summed E-state index contributed by atoms with van der Waals surface area (Å²) in [5.41, 5.74) is 3.61. The lowest BCUT2D eigenvalue weighted by atomic mass is 10.1. The normalized spacial score (nSPS) is 11.1. The van der Waals surface area contributed by atoms with Crippen LogP contribution in [0.4, 0.5) is 5.82 Å². The van der Waals surface area contributed by atoms with Crippen LogP contribution in [0.25, 0.3) is 11.0 Å². The van der Waals surface area contributed by atoms with Gasteiger partial charge in [0.25, 0.3) is 5.56 Å². The number of aromatic nitrogens is 5. The largest absolute Gasteiger partial charge is 0.365 e. The van der Waals surface area contributed by atoms with Crippen LogP contribution in [-0.4, -0.2) is 24.3 Å². The molecule has 0 unspecified atom stereocenters. The van der Waals surface area contributed by atoms with Gasteiger partial charge in [-0.3, -0.25) is 9.48 Å². The molecule has 0 fully saturated rings. The standard InChI is InChI=1S/C25H20Cl2N6O/c26-20-8-9-22(27)19(11-20)12-28-24-21-15-33(31-25(21)30-16-29-24)14-18-6-4-17(5-7-18)13-32-10-2-1-3-23(32)34/h1-11,15-16H,12-14H2,(H,28,29,30,31). The van der Waals surface area contributed by atoms with E-state index in [9.17, 15) is 4.79 Å². The predicted octanol–water partition coefficient (Wildman–Crippen LogP) is 5.00. The van der Waals surface area contributed by atoms with Gasteiger partial charge in [0.15, 0.2) is 5.65 Å². The average molecular weight is 491 g/mol. The van der Waals surface area contributed by atoms with Crippen molar-refractivity contribution in [2.45, 2.75) is 19.6 Å². The number of nitrogens with zero attached hydrogens (tertiary/aromatic N) is 5. The minimum atomic E-state index is -0.0158. The Balaban J connectivity index is 1.30. The number of fused-ring (bicyclic) bond motifs is 1. The molecule has 2 aromatic carbocycles. The van der Waals surface area contributed by atoms with E-state index in [-0.39, 0.29) is 5.56 Å². The second kappa shape index (κ2) is 9.67. The first kappa shape index (κ1) is 22.1. The third kappa shape index (κ3) is 4.95. The molecule has 0 spiro atoms. The molecule has 5 rings (SSSR count). The van der Waals surface area contributed by atoms with Crippen LogP contribution in [0.1, 0.15) is 16.7 Å². The Labute approximate surface area is 205 Å². The molecule has 0 aliphatic rings. The zero-order chi connectivity index (χ0) is 23.5. The second-order valence-electron chi connectivity index (χ2n) is 7.86. The van der Waals surface area contributed by atoms with Gasteiger partial charge in [-0.1, -0.05) is 53.5 Å². The van der Waals surface area contributed by atoms with Crippen molar-refractivity contribution < 1.29 is 0 Å². The number of anilines is 1. The topological polar surface area (TPSA) is 77.6 Å². The molecule has 3 heterocycles. The SMILES string of the molecule is O=c1ccccn1Cc1ccc(Cn2cc3c(NCc4cc(Cl)ccc4Cl)ncnc3n2)cc1. The van der Waals surface area contributed by atoms with E-state index in [0.717, 1.165) is 22.1 Å². The Kier molecular flexibility index (Phi) is 6.29. The van der Waals surface area contributed by atoms with Gasteiger partial charge in [-0.15, -0.1) is 0 Å². The van der Waals surface area contributed by atoms with E-state index in [1.807, 2.05) is 47.3 Å². The van der Waals surface area contributed by atoms with Gasteiger partial charge in [0, 0.05) is 35.1 Å². The fourth-order valence-electron chi connectivity index (χ4n) is 3.69. The van der Waals surface area contributed by atoms with E-state index in [2.05, 4.69) is 20.4 Å². The summed E-state index contributed by atoms with van der Waals surface area (Å²) in [5, 5.41) is 9.99. The Hall–Kier alpha value is -3.68. The third-order valence-electron chi connectivity index (χ3n) is 5.44. The number of benzene rings is 2. The highest BCUT2D eigenvalue weighted by atomic mass is 35.5. The lowest BCUT2D eigenvalue weighted by Crippen LogP contribution is -2.18. The van der Waals surface area contributed by atoms with Crippen LogP contribution in [0.3, 0.4) is 0 Å². The van der Waals surface area contributed by atoms with E-state index >= 15 is 0 Å². The molecule has 3 aromatic heterocycles. The molecule has 0 aliphatic carbocycles. The highest BCUT2D eigenvalue weighted by Crippen LogP contribution is 2.23. The van der Waals surface area contributed by atoms with Crippen molar-refractivity contribution in [2.75, 3.05) is 5.32 Å². The van der Waals surface area contributed by atoms with Crippen molar-refractivity contribution in [3.63, 3.8) is 0 Å². The molecule has 170 valence electrons. The van der Waals surface area contributed by atoms with Crippen LogP contribution >= 0.6 is 23.2 Å². The summed E-state index contributed by atoms with van der Waals surface area (Å²) >= 11 is 12.4. The minimum absolute atomic E-state index is 0.0158. The van der Waals surface area contributed by atoms with Crippen molar-refractivity contribution in [3.8, 4) is 0 Å². The van der Waals surface area contributed by atoms with E-state index in [1.54, 1.807) is 35.0 Å². The van der Waals surface area contributed by atoms with Crippen LogP contribution in [0.5, 0.6) is 0 Å². The first-order valence-electron chi connectivity index (χ1n) is 10.6. The Morgan fingerprint density at radius 3 is 2.50 bits per heavy atom. The van der Waals surface area contributed by atoms with Crippen molar-refractivity contribution >= 4 is 40.1 Å². The predicted molar refractivity (Wildman–Crippen MR) is 134 cm³/mol. The van der Waals surface area contributed by atoms with Crippen LogP contribution in [0.2, 0.25) is 10.0 Å². The highest BCUT2D eigenvalue weighted by Gasteiger charge is 2.10. The number of pyridine rings is 1. The summed E-state index contributed by atoms with van der Waals surface area (Å²) in [6.07, 6.45) is 5.20. The molecular formula is C25H20Cl2N6O. The monoisotopic (exact) mass is 490 g/mol. The van der Waals surface area contributed by atoms with Gasteiger partial charge >= 0.3 is 0 Å². The molecule has 9 heteroatoms. The van der Waals surface area contributed by atoms with Gasteiger partial charge in [0.2, 0.25) is 0 Å². The Morgan fingerprint density at radius 1 is 0.912 bits per heavy atom. The zero-order valence-corrected chi connectivity index (χ0v) is 19.5. The smallest absolute Gasteiger partial charge is 0.250 e. The molecule has 0 saturated carbocycles. The number of halogens is 2. The fourth-order valence-corrected chi connectivity index (χ4v) is 4.07. The maximum absolute atomic E-state index is 11.9. The van der Waals surface area contributed by atoms with E-state index < -0.39 is 0 Å². The summed E-state index contributed by atoms with van der Waals surface area (Å²) in [6, 6.07) is 18.7. The first-order chi connectivity index (χ1) is 16.5. The molecule has 0 atom stereocenters. The molecule has 34 heavy (non-hydrogen) atoms. The van der Waals surface area contributed by atoms with Gasteiger partial charge in [0.05, 0.1) is 18.5 Å². The summed E-state index contributed by atoms with van der Waals surface area (Å²) in [6.45, 7) is 1.59. The van der Waals surface area contributed by atoms with Crippen molar-refractivity contribution in [1.82, 2.24) is 24.3 Å². The van der Waals surface area contributed by atoms with Gasteiger partial charge in [0.1, 0.15) is 12.1 Å². The number of hydrogen-bond donors (Lipinski definition) is 1. The van der Waals surface area contributed by atoms with Gasteiger partial charge in [-0.05, 0) is 41.0 Å². The quantitative estimate of drug-likeness (QED) is 0.347. The molecule has 7 nitrogen and oxygen atoms in total.